The summed E-state index contributed by atoms with van der Waals surface area (Å²) >= 11 is 0. The van der Waals surface area contributed by atoms with Crippen molar-refractivity contribution in [2.45, 2.75) is 13.8 Å². The van der Waals surface area contributed by atoms with Crippen molar-refractivity contribution < 1.29 is 9.59 Å². The lowest BCUT2D eigenvalue weighted by molar-refractivity contribution is -0.120. The molecule has 0 radical (unpaired) electrons. The lowest BCUT2D eigenvalue weighted by Gasteiger charge is -2.13. The molecular formula is C19H24N4O2. The molecule has 0 spiro atoms. The number of hydrogen-bond acceptors (Lipinski definition) is 4. The molecule has 6 heteroatoms. The number of hydrazine groups is 1. The van der Waals surface area contributed by atoms with Crippen molar-refractivity contribution in [3.8, 4) is 0 Å². The minimum atomic E-state index is -0.356. The Bertz CT molecular complexity index is 755. The zero-order valence-electron chi connectivity index (χ0n) is 15.0. The van der Waals surface area contributed by atoms with Gasteiger partial charge in [-0.3, -0.25) is 20.4 Å². The van der Waals surface area contributed by atoms with Crippen LogP contribution in [0.4, 0.5) is 11.4 Å². The van der Waals surface area contributed by atoms with E-state index >= 15 is 0 Å². The molecule has 0 saturated carbocycles. The van der Waals surface area contributed by atoms with Gasteiger partial charge >= 0.3 is 0 Å². The number of rotatable bonds is 5. The molecule has 0 saturated heterocycles. The summed E-state index contributed by atoms with van der Waals surface area (Å²) in [5.74, 6) is -0.677. The molecule has 0 aromatic heterocycles. The summed E-state index contributed by atoms with van der Waals surface area (Å²) in [6.07, 6.45) is 0. The molecule has 0 fully saturated rings. The topological polar surface area (TPSA) is 73.5 Å². The number of nitrogens with zero attached hydrogens (tertiary/aromatic N) is 1. The molecule has 2 amide bonds. The number of carbonyl (C=O) groups excluding carboxylic acids is 2. The first-order valence-electron chi connectivity index (χ1n) is 8.04. The number of nitrogens with one attached hydrogen (secondary N) is 3. The van der Waals surface area contributed by atoms with Crippen LogP contribution in [0.5, 0.6) is 0 Å². The van der Waals surface area contributed by atoms with Crippen LogP contribution in [-0.2, 0) is 4.79 Å². The molecule has 0 bridgehead atoms. The van der Waals surface area contributed by atoms with Crippen molar-refractivity contribution in [1.29, 1.82) is 0 Å². The Balaban J connectivity index is 1.81. The van der Waals surface area contributed by atoms with Crippen LogP contribution >= 0.6 is 0 Å². The van der Waals surface area contributed by atoms with E-state index in [1.807, 2.05) is 63.2 Å². The van der Waals surface area contributed by atoms with Crippen LogP contribution in [0.1, 0.15) is 21.5 Å². The molecule has 0 unspecified atom stereocenters. The van der Waals surface area contributed by atoms with Gasteiger partial charge in [-0.1, -0.05) is 17.7 Å². The molecule has 0 aliphatic rings. The highest BCUT2D eigenvalue weighted by Gasteiger charge is 2.08. The van der Waals surface area contributed by atoms with E-state index in [1.165, 1.54) is 5.56 Å². The summed E-state index contributed by atoms with van der Waals surface area (Å²) in [5, 5.41) is 3.05. The fourth-order valence-corrected chi connectivity index (χ4v) is 2.34. The van der Waals surface area contributed by atoms with Crippen LogP contribution < -0.4 is 21.1 Å². The van der Waals surface area contributed by atoms with Gasteiger partial charge in [-0.2, -0.15) is 0 Å². The van der Waals surface area contributed by atoms with E-state index in [0.717, 1.165) is 16.9 Å². The molecule has 132 valence electrons. The molecule has 25 heavy (non-hydrogen) atoms. The highest BCUT2D eigenvalue weighted by atomic mass is 16.2. The minimum absolute atomic E-state index is 0.0732. The Morgan fingerprint density at radius 3 is 2.24 bits per heavy atom. The standard InChI is InChI=1S/C19H24N4O2/c1-13-5-10-17(14(2)11-13)20-12-18(24)21-22-19(25)15-6-8-16(9-7-15)23(3)4/h5-11,20H,12H2,1-4H3,(H,21,24)(H,22,25). The number of carbonyl (C=O) groups is 2. The average Bonchev–Trinajstić information content (AvgIpc) is 2.59. The summed E-state index contributed by atoms with van der Waals surface area (Å²) in [5.41, 5.74) is 9.43. The van der Waals surface area contributed by atoms with E-state index < -0.39 is 0 Å². The van der Waals surface area contributed by atoms with Gasteiger partial charge in [-0.25, -0.2) is 0 Å². The SMILES string of the molecule is Cc1ccc(NCC(=O)NNC(=O)c2ccc(N(C)C)cc2)c(C)c1. The smallest absolute Gasteiger partial charge is 0.269 e. The van der Waals surface area contributed by atoms with E-state index in [-0.39, 0.29) is 18.4 Å². The Kier molecular flexibility index (Phi) is 6.00. The zero-order valence-corrected chi connectivity index (χ0v) is 15.0. The number of benzene rings is 2. The molecule has 2 aromatic carbocycles. The zero-order chi connectivity index (χ0) is 18.4. The van der Waals surface area contributed by atoms with Crippen molar-refractivity contribution in [1.82, 2.24) is 10.9 Å². The maximum atomic E-state index is 12.0. The Morgan fingerprint density at radius 1 is 0.960 bits per heavy atom. The first kappa shape index (κ1) is 18.3. The van der Waals surface area contributed by atoms with Crippen LogP contribution in [-0.4, -0.2) is 32.5 Å². The minimum Gasteiger partial charge on any atom is -0.378 e. The second-order valence-electron chi connectivity index (χ2n) is 6.12. The van der Waals surface area contributed by atoms with Crippen LogP contribution in [0, 0.1) is 13.8 Å². The van der Waals surface area contributed by atoms with Crippen LogP contribution in [0.2, 0.25) is 0 Å². The van der Waals surface area contributed by atoms with Crippen molar-refractivity contribution in [2.24, 2.45) is 0 Å². The molecule has 0 heterocycles. The summed E-state index contributed by atoms with van der Waals surface area (Å²) < 4.78 is 0. The lowest BCUT2D eigenvalue weighted by atomic mass is 10.1. The predicted octanol–water partition coefficient (Wildman–Crippen LogP) is 2.24. The average molecular weight is 340 g/mol. The molecular weight excluding hydrogens is 316 g/mol. The van der Waals surface area contributed by atoms with Crippen molar-refractivity contribution >= 4 is 23.2 Å². The first-order chi connectivity index (χ1) is 11.9. The molecule has 0 atom stereocenters. The third kappa shape index (κ3) is 5.24. The van der Waals surface area contributed by atoms with Gasteiger partial charge in [-0.05, 0) is 49.7 Å². The monoisotopic (exact) mass is 340 g/mol. The fourth-order valence-electron chi connectivity index (χ4n) is 2.34. The molecule has 6 nitrogen and oxygen atoms in total. The van der Waals surface area contributed by atoms with Gasteiger partial charge in [0, 0.05) is 31.0 Å². The van der Waals surface area contributed by atoms with E-state index in [2.05, 4.69) is 16.2 Å². The Hall–Kier alpha value is -3.02. The summed E-state index contributed by atoms with van der Waals surface area (Å²) in [6, 6.07) is 13.1. The fraction of sp³-hybridized carbons (Fsp3) is 0.263. The maximum absolute atomic E-state index is 12.0. The predicted molar refractivity (Wildman–Crippen MR) is 101 cm³/mol. The van der Waals surface area contributed by atoms with Crippen molar-refractivity contribution in [3.63, 3.8) is 0 Å². The van der Waals surface area contributed by atoms with Gasteiger partial charge < -0.3 is 10.2 Å². The van der Waals surface area contributed by atoms with Crippen LogP contribution in [0.25, 0.3) is 0 Å². The number of aryl methyl sites for hydroxylation is 2. The van der Waals surface area contributed by atoms with Gasteiger partial charge in [0.25, 0.3) is 11.8 Å². The second-order valence-corrected chi connectivity index (χ2v) is 6.12. The molecule has 2 aromatic rings. The van der Waals surface area contributed by atoms with E-state index in [4.69, 9.17) is 0 Å². The second kappa shape index (κ2) is 8.19. The largest absolute Gasteiger partial charge is 0.378 e. The summed E-state index contributed by atoms with van der Waals surface area (Å²) in [7, 11) is 3.86. The molecule has 0 aliphatic heterocycles. The van der Waals surface area contributed by atoms with Crippen LogP contribution in [0.3, 0.4) is 0 Å². The van der Waals surface area contributed by atoms with Gasteiger partial charge in [0.15, 0.2) is 0 Å². The first-order valence-corrected chi connectivity index (χ1v) is 8.04. The van der Waals surface area contributed by atoms with Gasteiger partial charge in [0.2, 0.25) is 0 Å². The normalized spacial score (nSPS) is 10.1. The van der Waals surface area contributed by atoms with Crippen LogP contribution in [0.15, 0.2) is 42.5 Å². The highest BCUT2D eigenvalue weighted by Crippen LogP contribution is 2.15. The highest BCUT2D eigenvalue weighted by molar-refractivity contribution is 5.96. The van der Waals surface area contributed by atoms with E-state index in [9.17, 15) is 9.59 Å². The van der Waals surface area contributed by atoms with Gasteiger partial charge in [0.1, 0.15) is 0 Å². The quantitative estimate of drug-likeness (QED) is 0.730. The van der Waals surface area contributed by atoms with Gasteiger partial charge in [-0.15, -0.1) is 0 Å². The van der Waals surface area contributed by atoms with E-state index in [1.54, 1.807) is 12.1 Å². The third-order valence-corrected chi connectivity index (χ3v) is 3.78. The number of hydrogen-bond donors (Lipinski definition) is 3. The summed E-state index contributed by atoms with van der Waals surface area (Å²) in [4.78, 5) is 25.9. The lowest BCUT2D eigenvalue weighted by Crippen LogP contribution is -2.44. The number of amides is 2. The van der Waals surface area contributed by atoms with E-state index in [0.29, 0.717) is 5.56 Å². The molecule has 2 rings (SSSR count). The third-order valence-electron chi connectivity index (χ3n) is 3.78. The molecule has 0 aliphatic carbocycles. The Labute approximate surface area is 148 Å². The Morgan fingerprint density at radius 2 is 1.64 bits per heavy atom. The van der Waals surface area contributed by atoms with Gasteiger partial charge in [0.05, 0.1) is 6.54 Å². The summed E-state index contributed by atoms with van der Waals surface area (Å²) in [6.45, 7) is 4.07. The number of anilines is 2. The maximum Gasteiger partial charge on any atom is 0.269 e. The van der Waals surface area contributed by atoms with Crippen molar-refractivity contribution in [3.05, 3.63) is 59.2 Å². The molecule has 3 N–H and O–H groups in total. The van der Waals surface area contributed by atoms with Crippen molar-refractivity contribution in [2.75, 3.05) is 30.9 Å².